The summed E-state index contributed by atoms with van der Waals surface area (Å²) in [6.07, 6.45) is 0. The number of hydrogen-bond donors (Lipinski definition) is 2. The molecule has 0 aliphatic heterocycles. The Morgan fingerprint density at radius 1 is 1.00 bits per heavy atom. The zero-order valence-corrected chi connectivity index (χ0v) is 12.1. The van der Waals surface area contributed by atoms with E-state index in [1.54, 1.807) is 24.3 Å². The fourth-order valence-corrected chi connectivity index (χ4v) is 2.00. The van der Waals surface area contributed by atoms with Crippen molar-refractivity contribution < 1.29 is 9.59 Å². The second kappa shape index (κ2) is 6.22. The number of nitrogens with two attached hydrogens (primary N) is 1. The Kier molecular flexibility index (Phi) is 4.38. The summed E-state index contributed by atoms with van der Waals surface area (Å²) >= 11 is 0. The standard InChI is InChI=1S/C17H18N2O2/c1-11-6-7-15(8-12(11)2)17(21)19-10-13-4-3-5-14(9-13)16(18)20/h3-9H,10H2,1-2H3,(H2,18,20)(H,19,21). The highest BCUT2D eigenvalue weighted by Gasteiger charge is 2.07. The first-order valence-electron chi connectivity index (χ1n) is 6.71. The summed E-state index contributed by atoms with van der Waals surface area (Å²) < 4.78 is 0. The van der Waals surface area contributed by atoms with E-state index in [0.717, 1.165) is 16.7 Å². The van der Waals surface area contributed by atoms with Gasteiger partial charge in [0.25, 0.3) is 5.91 Å². The largest absolute Gasteiger partial charge is 0.366 e. The van der Waals surface area contributed by atoms with Gasteiger partial charge < -0.3 is 11.1 Å². The van der Waals surface area contributed by atoms with Crippen molar-refractivity contribution in [2.24, 2.45) is 5.73 Å². The number of hydrogen-bond acceptors (Lipinski definition) is 2. The van der Waals surface area contributed by atoms with Crippen molar-refractivity contribution in [3.63, 3.8) is 0 Å². The van der Waals surface area contributed by atoms with Gasteiger partial charge >= 0.3 is 0 Å². The van der Waals surface area contributed by atoms with Crippen molar-refractivity contribution in [1.82, 2.24) is 5.32 Å². The molecule has 4 heteroatoms. The number of amides is 2. The van der Waals surface area contributed by atoms with E-state index in [1.165, 1.54) is 0 Å². The van der Waals surface area contributed by atoms with Crippen LogP contribution in [-0.4, -0.2) is 11.8 Å². The lowest BCUT2D eigenvalue weighted by Gasteiger charge is -2.08. The average Bonchev–Trinajstić information content (AvgIpc) is 2.48. The predicted molar refractivity (Wildman–Crippen MR) is 82.0 cm³/mol. The van der Waals surface area contributed by atoms with Crippen LogP contribution in [0.15, 0.2) is 42.5 Å². The summed E-state index contributed by atoms with van der Waals surface area (Å²) in [7, 11) is 0. The SMILES string of the molecule is Cc1ccc(C(=O)NCc2cccc(C(N)=O)c2)cc1C. The molecule has 0 unspecified atom stereocenters. The molecule has 0 saturated carbocycles. The lowest BCUT2D eigenvalue weighted by atomic mass is 10.1. The fraction of sp³-hybridized carbons (Fsp3) is 0.176. The summed E-state index contributed by atoms with van der Waals surface area (Å²) in [5.74, 6) is -0.611. The molecule has 0 aliphatic rings. The van der Waals surface area contributed by atoms with Crippen LogP contribution in [0, 0.1) is 13.8 Å². The number of carbonyl (C=O) groups excluding carboxylic acids is 2. The maximum Gasteiger partial charge on any atom is 0.251 e. The number of carbonyl (C=O) groups is 2. The Hall–Kier alpha value is -2.62. The van der Waals surface area contributed by atoms with E-state index in [4.69, 9.17) is 5.73 Å². The van der Waals surface area contributed by atoms with E-state index in [2.05, 4.69) is 5.32 Å². The molecule has 2 amide bonds. The van der Waals surface area contributed by atoms with E-state index >= 15 is 0 Å². The molecule has 0 spiro atoms. The van der Waals surface area contributed by atoms with Crippen LogP contribution in [-0.2, 0) is 6.54 Å². The second-order valence-corrected chi connectivity index (χ2v) is 5.05. The maximum absolute atomic E-state index is 12.1. The molecule has 0 aromatic heterocycles. The summed E-state index contributed by atoms with van der Waals surface area (Å²) in [5, 5.41) is 2.84. The molecule has 0 saturated heterocycles. The van der Waals surface area contributed by atoms with Gasteiger partial charge in [0, 0.05) is 17.7 Å². The molecule has 2 aromatic carbocycles. The van der Waals surface area contributed by atoms with Crippen LogP contribution in [0.3, 0.4) is 0 Å². The molecule has 21 heavy (non-hydrogen) atoms. The van der Waals surface area contributed by atoms with Gasteiger partial charge in [0.15, 0.2) is 0 Å². The van der Waals surface area contributed by atoms with E-state index < -0.39 is 5.91 Å². The van der Waals surface area contributed by atoms with Crippen molar-refractivity contribution in [3.05, 3.63) is 70.3 Å². The zero-order valence-electron chi connectivity index (χ0n) is 12.1. The minimum atomic E-state index is -0.475. The summed E-state index contributed by atoms with van der Waals surface area (Å²) in [5.41, 5.74) is 9.37. The van der Waals surface area contributed by atoms with Gasteiger partial charge in [0.2, 0.25) is 5.91 Å². The van der Waals surface area contributed by atoms with E-state index in [0.29, 0.717) is 17.7 Å². The maximum atomic E-state index is 12.1. The molecular weight excluding hydrogens is 264 g/mol. The lowest BCUT2D eigenvalue weighted by molar-refractivity contribution is 0.0950. The molecule has 3 N–H and O–H groups in total. The average molecular weight is 282 g/mol. The quantitative estimate of drug-likeness (QED) is 0.903. The molecule has 0 atom stereocenters. The van der Waals surface area contributed by atoms with E-state index in [1.807, 2.05) is 32.0 Å². The highest BCUT2D eigenvalue weighted by atomic mass is 16.2. The Morgan fingerprint density at radius 3 is 2.43 bits per heavy atom. The van der Waals surface area contributed by atoms with Gasteiger partial charge in [-0.2, -0.15) is 0 Å². The first kappa shape index (κ1) is 14.8. The van der Waals surface area contributed by atoms with E-state index in [-0.39, 0.29) is 5.91 Å². The van der Waals surface area contributed by atoms with Crippen molar-refractivity contribution >= 4 is 11.8 Å². The Labute approximate surface area is 124 Å². The first-order valence-corrected chi connectivity index (χ1v) is 6.71. The Morgan fingerprint density at radius 2 is 1.76 bits per heavy atom. The van der Waals surface area contributed by atoms with Crippen LogP contribution >= 0.6 is 0 Å². The molecule has 2 aromatic rings. The fourth-order valence-electron chi connectivity index (χ4n) is 2.00. The normalized spacial score (nSPS) is 10.2. The monoisotopic (exact) mass is 282 g/mol. The minimum absolute atomic E-state index is 0.137. The topological polar surface area (TPSA) is 72.2 Å². The first-order chi connectivity index (χ1) is 9.97. The van der Waals surface area contributed by atoms with Crippen LogP contribution < -0.4 is 11.1 Å². The van der Waals surface area contributed by atoms with Gasteiger partial charge in [-0.05, 0) is 54.8 Å². The smallest absolute Gasteiger partial charge is 0.251 e. The summed E-state index contributed by atoms with van der Waals surface area (Å²) in [6, 6.07) is 12.5. The molecule has 108 valence electrons. The number of benzene rings is 2. The third kappa shape index (κ3) is 3.69. The van der Waals surface area contributed by atoms with Crippen LogP contribution in [0.1, 0.15) is 37.4 Å². The summed E-state index contributed by atoms with van der Waals surface area (Å²) in [4.78, 5) is 23.2. The second-order valence-electron chi connectivity index (χ2n) is 5.05. The Balaban J connectivity index is 2.05. The molecular formula is C17H18N2O2. The van der Waals surface area contributed by atoms with Crippen molar-refractivity contribution in [2.45, 2.75) is 20.4 Å². The Bertz CT molecular complexity index is 693. The molecule has 4 nitrogen and oxygen atoms in total. The highest BCUT2D eigenvalue weighted by Crippen LogP contribution is 2.10. The van der Waals surface area contributed by atoms with Crippen LogP contribution in [0.2, 0.25) is 0 Å². The van der Waals surface area contributed by atoms with Crippen molar-refractivity contribution in [2.75, 3.05) is 0 Å². The molecule has 0 radical (unpaired) electrons. The van der Waals surface area contributed by atoms with Gasteiger partial charge in [-0.25, -0.2) is 0 Å². The number of primary amides is 1. The van der Waals surface area contributed by atoms with Crippen molar-refractivity contribution in [3.8, 4) is 0 Å². The minimum Gasteiger partial charge on any atom is -0.366 e. The number of nitrogens with one attached hydrogen (secondary N) is 1. The summed E-state index contributed by atoms with van der Waals surface area (Å²) in [6.45, 7) is 4.33. The van der Waals surface area contributed by atoms with Gasteiger partial charge in [-0.1, -0.05) is 18.2 Å². The molecule has 0 heterocycles. The van der Waals surface area contributed by atoms with E-state index in [9.17, 15) is 9.59 Å². The molecule has 0 bridgehead atoms. The highest BCUT2D eigenvalue weighted by molar-refractivity contribution is 5.94. The molecule has 2 rings (SSSR count). The van der Waals surface area contributed by atoms with Gasteiger partial charge in [0.05, 0.1) is 0 Å². The number of aryl methyl sites for hydroxylation is 2. The van der Waals surface area contributed by atoms with Gasteiger partial charge in [-0.15, -0.1) is 0 Å². The van der Waals surface area contributed by atoms with Crippen LogP contribution in [0.25, 0.3) is 0 Å². The molecule has 0 aliphatic carbocycles. The number of rotatable bonds is 4. The van der Waals surface area contributed by atoms with Crippen LogP contribution in [0.5, 0.6) is 0 Å². The third-order valence-corrected chi connectivity index (χ3v) is 3.43. The lowest BCUT2D eigenvalue weighted by Crippen LogP contribution is -2.23. The zero-order chi connectivity index (χ0) is 15.4. The predicted octanol–water partition coefficient (Wildman–Crippen LogP) is 2.33. The van der Waals surface area contributed by atoms with Crippen LogP contribution in [0.4, 0.5) is 0 Å². The van der Waals surface area contributed by atoms with Crippen molar-refractivity contribution in [1.29, 1.82) is 0 Å². The van der Waals surface area contributed by atoms with Gasteiger partial charge in [-0.3, -0.25) is 9.59 Å². The third-order valence-electron chi connectivity index (χ3n) is 3.43. The molecule has 0 fully saturated rings. The van der Waals surface area contributed by atoms with Gasteiger partial charge in [0.1, 0.15) is 0 Å².